The molecule has 6 heteroatoms. The minimum Gasteiger partial charge on any atom is -0.497 e. The largest absolute Gasteiger partial charge is 0.497 e. The molecule has 20 heavy (non-hydrogen) atoms. The summed E-state index contributed by atoms with van der Waals surface area (Å²) in [5.74, 6) is 1.56. The van der Waals surface area contributed by atoms with E-state index in [9.17, 15) is 4.79 Å². The summed E-state index contributed by atoms with van der Waals surface area (Å²) < 4.78 is 4.40. The Kier molecular flexibility index (Phi) is 4.23. The van der Waals surface area contributed by atoms with Gasteiger partial charge in [0, 0.05) is 18.2 Å². The number of aromatic nitrogens is 2. The van der Waals surface area contributed by atoms with E-state index in [4.69, 9.17) is 9.84 Å². The quantitative estimate of drug-likeness (QED) is 0.856. The van der Waals surface area contributed by atoms with Crippen LogP contribution in [0.15, 0.2) is 18.2 Å². The molecule has 0 spiro atoms. The van der Waals surface area contributed by atoms with E-state index in [0.29, 0.717) is 12.2 Å². The van der Waals surface area contributed by atoms with Crippen molar-refractivity contribution < 1.29 is 14.6 Å². The molecule has 0 amide bonds. The van der Waals surface area contributed by atoms with E-state index in [2.05, 4.69) is 9.97 Å². The first-order valence-corrected chi connectivity index (χ1v) is 7.31. The summed E-state index contributed by atoms with van der Waals surface area (Å²) in [7, 11) is 1.63. The summed E-state index contributed by atoms with van der Waals surface area (Å²) >= 11 is 1.41. The molecule has 0 atom stereocenters. The molecule has 0 fully saturated rings. The molecule has 0 saturated heterocycles. The molecule has 1 aromatic heterocycles. The van der Waals surface area contributed by atoms with Gasteiger partial charge in [-0.3, -0.25) is 4.79 Å². The Hall–Kier alpha value is -1.69. The number of carboxylic acids is 1. The number of aliphatic carboxylic acids is 1. The van der Waals surface area contributed by atoms with E-state index in [-0.39, 0.29) is 0 Å². The number of ether oxygens (including phenoxy) is 1. The highest BCUT2D eigenvalue weighted by Gasteiger charge is 2.27. The number of aromatic amines is 1. The lowest BCUT2D eigenvalue weighted by Crippen LogP contribution is -2.27. The molecule has 1 heterocycles. The average molecular weight is 294 g/mol. The first kappa shape index (κ1) is 14.7. The summed E-state index contributed by atoms with van der Waals surface area (Å²) in [6, 6.07) is 5.68. The van der Waals surface area contributed by atoms with Crippen molar-refractivity contribution in [1.29, 1.82) is 0 Å². The van der Waals surface area contributed by atoms with Gasteiger partial charge in [-0.25, -0.2) is 4.98 Å². The third kappa shape index (κ3) is 3.25. The molecule has 0 bridgehead atoms. The molecular formula is C14H18N2O3S. The summed E-state index contributed by atoms with van der Waals surface area (Å²) in [5.41, 5.74) is 1.82. The van der Waals surface area contributed by atoms with Crippen molar-refractivity contribution in [3.63, 3.8) is 0 Å². The van der Waals surface area contributed by atoms with Crippen LogP contribution in [-0.2, 0) is 11.2 Å². The number of fused-ring (bicyclic) bond motifs is 1. The van der Waals surface area contributed by atoms with Gasteiger partial charge < -0.3 is 14.8 Å². The van der Waals surface area contributed by atoms with Gasteiger partial charge in [-0.2, -0.15) is 0 Å². The van der Waals surface area contributed by atoms with Crippen molar-refractivity contribution in [3.05, 3.63) is 24.0 Å². The van der Waals surface area contributed by atoms with Crippen molar-refractivity contribution in [2.45, 2.75) is 25.0 Å². The van der Waals surface area contributed by atoms with Crippen molar-refractivity contribution in [2.24, 2.45) is 0 Å². The van der Waals surface area contributed by atoms with Gasteiger partial charge in [0.05, 0.1) is 18.1 Å². The van der Waals surface area contributed by atoms with Crippen LogP contribution in [0.25, 0.3) is 11.0 Å². The third-order valence-corrected chi connectivity index (χ3v) is 4.36. The second kappa shape index (κ2) is 5.75. The highest BCUT2D eigenvalue weighted by atomic mass is 32.2. The third-order valence-electron chi connectivity index (χ3n) is 3.05. The minimum absolute atomic E-state index is 0.705. The number of nitrogens with one attached hydrogen (secondary N) is 1. The van der Waals surface area contributed by atoms with E-state index >= 15 is 0 Å². The van der Waals surface area contributed by atoms with E-state index in [0.717, 1.165) is 22.6 Å². The Bertz CT molecular complexity index is 622. The first-order chi connectivity index (χ1) is 9.42. The standard InChI is InChI=1S/C14H18N2O3S/c1-14(2,13(17)18)20-7-6-12-15-10-5-4-9(19-3)8-11(10)16-12/h4-5,8H,6-7H2,1-3H3,(H,15,16)(H,17,18). The normalized spacial score (nSPS) is 11.8. The molecule has 0 saturated carbocycles. The summed E-state index contributed by atoms with van der Waals surface area (Å²) in [6.07, 6.45) is 0.707. The summed E-state index contributed by atoms with van der Waals surface area (Å²) in [5, 5.41) is 9.05. The van der Waals surface area contributed by atoms with Crippen LogP contribution in [0, 0.1) is 0 Å². The fraction of sp³-hybridized carbons (Fsp3) is 0.429. The maximum atomic E-state index is 11.0. The summed E-state index contributed by atoms with van der Waals surface area (Å²) in [6.45, 7) is 3.42. The van der Waals surface area contributed by atoms with E-state index in [1.165, 1.54) is 11.8 Å². The van der Waals surface area contributed by atoms with Gasteiger partial charge in [0.15, 0.2) is 0 Å². The zero-order valence-corrected chi connectivity index (χ0v) is 12.6. The molecule has 108 valence electrons. The Balaban J connectivity index is 2.02. The number of carbonyl (C=O) groups is 1. The van der Waals surface area contributed by atoms with Crippen LogP contribution in [0.4, 0.5) is 0 Å². The monoisotopic (exact) mass is 294 g/mol. The first-order valence-electron chi connectivity index (χ1n) is 6.32. The van der Waals surface area contributed by atoms with Crippen molar-refractivity contribution in [3.8, 4) is 5.75 Å². The van der Waals surface area contributed by atoms with Crippen molar-refractivity contribution in [1.82, 2.24) is 9.97 Å². The summed E-state index contributed by atoms with van der Waals surface area (Å²) in [4.78, 5) is 18.7. The predicted molar refractivity (Wildman–Crippen MR) is 80.5 cm³/mol. The number of rotatable bonds is 6. The minimum atomic E-state index is -0.795. The molecular weight excluding hydrogens is 276 g/mol. The van der Waals surface area contributed by atoms with Gasteiger partial charge >= 0.3 is 5.97 Å². The molecule has 0 unspecified atom stereocenters. The lowest BCUT2D eigenvalue weighted by atomic mass is 10.2. The Labute approximate surface area is 121 Å². The number of thioether (sulfide) groups is 1. The SMILES string of the molecule is COc1ccc2nc(CCSC(C)(C)C(=O)O)[nH]c2c1. The zero-order chi connectivity index (χ0) is 14.8. The molecule has 1 aromatic carbocycles. The van der Waals surface area contributed by atoms with Crippen LogP contribution in [0.1, 0.15) is 19.7 Å². The highest BCUT2D eigenvalue weighted by molar-refractivity contribution is 8.01. The molecule has 2 aromatic rings. The predicted octanol–water partition coefficient (Wildman–Crippen LogP) is 2.71. The molecule has 0 aliphatic heterocycles. The van der Waals surface area contributed by atoms with E-state index in [1.54, 1.807) is 21.0 Å². The fourth-order valence-electron chi connectivity index (χ4n) is 1.75. The fourth-order valence-corrected chi connectivity index (χ4v) is 2.68. The lowest BCUT2D eigenvalue weighted by Gasteiger charge is -2.17. The van der Waals surface area contributed by atoms with Crippen LogP contribution in [-0.4, -0.2) is 38.7 Å². The number of methoxy groups -OCH3 is 1. The van der Waals surface area contributed by atoms with Crippen LogP contribution in [0.2, 0.25) is 0 Å². The van der Waals surface area contributed by atoms with E-state index in [1.807, 2.05) is 18.2 Å². The molecule has 2 N–H and O–H groups in total. The number of nitrogens with zero attached hydrogens (tertiary/aromatic N) is 1. The van der Waals surface area contributed by atoms with Gasteiger partial charge in [-0.05, 0) is 26.0 Å². The second-order valence-electron chi connectivity index (χ2n) is 4.98. The average Bonchev–Trinajstić information content (AvgIpc) is 2.79. The molecule has 2 rings (SSSR count). The Morgan fingerprint density at radius 2 is 2.25 bits per heavy atom. The van der Waals surface area contributed by atoms with Crippen molar-refractivity contribution >= 4 is 28.8 Å². The van der Waals surface area contributed by atoms with E-state index < -0.39 is 10.7 Å². The molecule has 0 aliphatic carbocycles. The second-order valence-corrected chi connectivity index (χ2v) is 6.70. The van der Waals surface area contributed by atoms with Crippen LogP contribution in [0.3, 0.4) is 0 Å². The Morgan fingerprint density at radius 3 is 2.90 bits per heavy atom. The number of carboxylic acid groups (broad SMARTS) is 1. The number of imidazole rings is 1. The number of aryl methyl sites for hydroxylation is 1. The molecule has 0 aliphatic rings. The van der Waals surface area contributed by atoms with Crippen LogP contribution in [0.5, 0.6) is 5.75 Å². The zero-order valence-electron chi connectivity index (χ0n) is 11.8. The van der Waals surface area contributed by atoms with Gasteiger partial charge in [0.1, 0.15) is 16.3 Å². The van der Waals surface area contributed by atoms with Gasteiger partial charge in [-0.1, -0.05) is 0 Å². The van der Waals surface area contributed by atoms with Gasteiger partial charge in [0.2, 0.25) is 0 Å². The Morgan fingerprint density at radius 1 is 1.50 bits per heavy atom. The highest BCUT2D eigenvalue weighted by Crippen LogP contribution is 2.25. The van der Waals surface area contributed by atoms with Gasteiger partial charge in [0.25, 0.3) is 0 Å². The smallest absolute Gasteiger partial charge is 0.319 e. The maximum absolute atomic E-state index is 11.0. The van der Waals surface area contributed by atoms with Crippen molar-refractivity contribution in [2.75, 3.05) is 12.9 Å². The van der Waals surface area contributed by atoms with Gasteiger partial charge in [-0.15, -0.1) is 11.8 Å². The molecule has 0 radical (unpaired) electrons. The number of benzene rings is 1. The topological polar surface area (TPSA) is 75.2 Å². The number of hydrogen-bond acceptors (Lipinski definition) is 4. The number of H-pyrrole nitrogens is 1. The number of hydrogen-bond donors (Lipinski definition) is 2. The lowest BCUT2D eigenvalue weighted by molar-refractivity contribution is -0.138. The van der Waals surface area contributed by atoms with Crippen LogP contribution >= 0.6 is 11.8 Å². The molecule has 5 nitrogen and oxygen atoms in total. The van der Waals surface area contributed by atoms with Crippen LogP contribution < -0.4 is 4.74 Å². The maximum Gasteiger partial charge on any atom is 0.319 e.